The first-order valence-electron chi connectivity index (χ1n) is 9.28. The van der Waals surface area contributed by atoms with E-state index in [1.807, 2.05) is 0 Å². The molecule has 2 amide bonds. The van der Waals surface area contributed by atoms with Crippen molar-refractivity contribution >= 4 is 33.5 Å². The monoisotopic (exact) mass is 433 g/mol. The van der Waals surface area contributed by atoms with Crippen LogP contribution in [0.4, 0.5) is 11.6 Å². The zero-order valence-corrected chi connectivity index (χ0v) is 17.2. The SMILES string of the molecule is CCS(=O)(=O)N1CCN(c2cnc(N)c(C(=O)N(N)C(=O)c3ccccc3)n2)CC1. The van der Waals surface area contributed by atoms with Gasteiger partial charge in [-0.3, -0.25) is 9.59 Å². The lowest BCUT2D eigenvalue weighted by molar-refractivity contribution is 0.0612. The summed E-state index contributed by atoms with van der Waals surface area (Å²) in [4.78, 5) is 35.2. The van der Waals surface area contributed by atoms with Crippen molar-refractivity contribution in [3.8, 4) is 0 Å². The van der Waals surface area contributed by atoms with Gasteiger partial charge in [0, 0.05) is 31.7 Å². The Morgan fingerprint density at radius 1 is 1.10 bits per heavy atom. The van der Waals surface area contributed by atoms with Gasteiger partial charge in [0.15, 0.2) is 11.5 Å². The molecule has 3 rings (SSSR count). The Balaban J connectivity index is 1.77. The average Bonchev–Trinajstić information content (AvgIpc) is 2.78. The maximum absolute atomic E-state index is 12.7. The largest absolute Gasteiger partial charge is 0.382 e. The van der Waals surface area contributed by atoms with Crippen LogP contribution in [0.2, 0.25) is 0 Å². The minimum Gasteiger partial charge on any atom is -0.382 e. The zero-order valence-electron chi connectivity index (χ0n) is 16.4. The summed E-state index contributed by atoms with van der Waals surface area (Å²) in [6.45, 7) is 2.93. The van der Waals surface area contributed by atoms with Gasteiger partial charge in [0.1, 0.15) is 5.82 Å². The fourth-order valence-electron chi connectivity index (χ4n) is 3.00. The summed E-state index contributed by atoms with van der Waals surface area (Å²) in [6.07, 6.45) is 1.40. The van der Waals surface area contributed by atoms with E-state index >= 15 is 0 Å². The first kappa shape index (κ1) is 21.6. The highest BCUT2D eigenvalue weighted by atomic mass is 32.2. The van der Waals surface area contributed by atoms with Crippen LogP contribution >= 0.6 is 0 Å². The van der Waals surface area contributed by atoms with Gasteiger partial charge in [0.25, 0.3) is 11.8 Å². The Morgan fingerprint density at radius 3 is 2.33 bits per heavy atom. The van der Waals surface area contributed by atoms with Crippen molar-refractivity contribution in [2.75, 3.05) is 42.6 Å². The summed E-state index contributed by atoms with van der Waals surface area (Å²) in [6, 6.07) is 8.10. The lowest BCUT2D eigenvalue weighted by Crippen LogP contribution is -2.49. The number of nitrogens with zero attached hydrogens (tertiary/aromatic N) is 5. The van der Waals surface area contributed by atoms with Gasteiger partial charge >= 0.3 is 0 Å². The summed E-state index contributed by atoms with van der Waals surface area (Å²) in [5.41, 5.74) is 5.79. The minimum atomic E-state index is -3.27. The predicted octanol–water partition coefficient (Wildman–Crippen LogP) is -0.313. The molecule has 2 heterocycles. The van der Waals surface area contributed by atoms with Gasteiger partial charge in [-0.1, -0.05) is 18.2 Å². The highest BCUT2D eigenvalue weighted by Gasteiger charge is 2.28. The summed E-state index contributed by atoms with van der Waals surface area (Å²) >= 11 is 0. The number of carbonyl (C=O) groups excluding carboxylic acids is 2. The third-order valence-corrected chi connectivity index (χ3v) is 6.65. The van der Waals surface area contributed by atoms with Crippen LogP contribution in [0.3, 0.4) is 0 Å². The van der Waals surface area contributed by atoms with Gasteiger partial charge in [-0.2, -0.15) is 4.31 Å². The van der Waals surface area contributed by atoms with Crippen molar-refractivity contribution in [2.24, 2.45) is 5.84 Å². The Bertz CT molecular complexity index is 1040. The number of anilines is 2. The zero-order chi connectivity index (χ0) is 21.9. The lowest BCUT2D eigenvalue weighted by Gasteiger charge is -2.34. The second-order valence-corrected chi connectivity index (χ2v) is 8.85. The van der Waals surface area contributed by atoms with E-state index in [0.29, 0.717) is 37.0 Å². The van der Waals surface area contributed by atoms with Crippen molar-refractivity contribution in [1.82, 2.24) is 19.3 Å². The van der Waals surface area contributed by atoms with E-state index in [2.05, 4.69) is 9.97 Å². The predicted molar refractivity (Wildman–Crippen MR) is 111 cm³/mol. The summed E-state index contributed by atoms with van der Waals surface area (Å²) in [7, 11) is -3.27. The molecule has 0 aliphatic carbocycles. The van der Waals surface area contributed by atoms with E-state index in [-0.39, 0.29) is 22.8 Å². The first-order chi connectivity index (χ1) is 14.2. The number of hydrogen-bond donors (Lipinski definition) is 2. The van der Waals surface area contributed by atoms with Crippen LogP contribution in [-0.4, -0.2) is 71.4 Å². The minimum absolute atomic E-state index is 0.0368. The number of imide groups is 1. The number of nitrogens with two attached hydrogens (primary N) is 2. The summed E-state index contributed by atoms with van der Waals surface area (Å²) in [5, 5.41) is 0.450. The molecule has 1 fully saturated rings. The highest BCUT2D eigenvalue weighted by Crippen LogP contribution is 2.18. The molecule has 1 aromatic heterocycles. The van der Waals surface area contributed by atoms with Crippen LogP contribution in [0.1, 0.15) is 27.8 Å². The first-order valence-corrected chi connectivity index (χ1v) is 10.9. The number of rotatable bonds is 5. The van der Waals surface area contributed by atoms with Crippen LogP contribution in [0.5, 0.6) is 0 Å². The molecule has 1 aromatic carbocycles. The van der Waals surface area contributed by atoms with Crippen LogP contribution in [0.25, 0.3) is 0 Å². The third kappa shape index (κ3) is 4.40. The van der Waals surface area contributed by atoms with E-state index in [4.69, 9.17) is 11.6 Å². The maximum Gasteiger partial charge on any atom is 0.297 e. The molecule has 1 aliphatic rings. The van der Waals surface area contributed by atoms with E-state index in [0.717, 1.165) is 0 Å². The number of piperazine rings is 1. The molecule has 0 spiro atoms. The fourth-order valence-corrected chi connectivity index (χ4v) is 4.09. The number of hydrogen-bond acceptors (Lipinski definition) is 9. The lowest BCUT2D eigenvalue weighted by atomic mass is 10.2. The smallest absolute Gasteiger partial charge is 0.297 e. The van der Waals surface area contributed by atoms with Gasteiger partial charge in [-0.15, -0.1) is 0 Å². The van der Waals surface area contributed by atoms with E-state index in [1.165, 1.54) is 22.6 Å². The molecule has 11 nitrogen and oxygen atoms in total. The van der Waals surface area contributed by atoms with Crippen LogP contribution in [0.15, 0.2) is 36.5 Å². The van der Waals surface area contributed by atoms with Crippen molar-refractivity contribution in [2.45, 2.75) is 6.92 Å². The van der Waals surface area contributed by atoms with Gasteiger partial charge in [-0.25, -0.2) is 29.2 Å². The third-order valence-electron chi connectivity index (χ3n) is 4.77. The quantitative estimate of drug-likeness (QED) is 0.279. The fraction of sp³-hybridized carbons (Fsp3) is 0.333. The molecule has 1 aliphatic heterocycles. The number of amides is 2. The topological polar surface area (TPSA) is 156 Å². The Morgan fingerprint density at radius 2 is 1.73 bits per heavy atom. The van der Waals surface area contributed by atoms with Crippen molar-refractivity contribution in [1.29, 1.82) is 0 Å². The number of aromatic nitrogens is 2. The molecular weight excluding hydrogens is 410 g/mol. The molecule has 0 unspecified atom stereocenters. The van der Waals surface area contributed by atoms with Crippen LogP contribution in [0, 0.1) is 0 Å². The van der Waals surface area contributed by atoms with Crippen molar-refractivity contribution in [3.63, 3.8) is 0 Å². The Labute approximate surface area is 174 Å². The number of nitrogen functional groups attached to an aromatic ring is 1. The number of benzene rings is 1. The molecule has 1 saturated heterocycles. The van der Waals surface area contributed by atoms with E-state index < -0.39 is 21.8 Å². The van der Waals surface area contributed by atoms with Crippen LogP contribution < -0.4 is 16.5 Å². The molecule has 4 N–H and O–H groups in total. The molecule has 0 saturated carbocycles. The molecule has 12 heteroatoms. The molecule has 160 valence electrons. The summed E-state index contributed by atoms with van der Waals surface area (Å²) < 4.78 is 25.4. The van der Waals surface area contributed by atoms with Gasteiger partial charge in [-0.05, 0) is 19.1 Å². The Kier molecular flexibility index (Phi) is 6.29. The highest BCUT2D eigenvalue weighted by molar-refractivity contribution is 7.89. The molecule has 2 aromatic rings. The van der Waals surface area contributed by atoms with Gasteiger partial charge in [0.2, 0.25) is 10.0 Å². The molecule has 0 bridgehead atoms. The summed E-state index contributed by atoms with van der Waals surface area (Å²) in [5.74, 6) is 4.36. The van der Waals surface area contributed by atoms with E-state index in [9.17, 15) is 18.0 Å². The standard InChI is InChI=1S/C18H23N7O4S/c1-2-30(28,29)24-10-8-23(9-11-24)14-12-21-16(19)15(22-14)18(27)25(20)17(26)13-6-4-3-5-7-13/h3-7,12H,2,8-11,20H2,1H3,(H2,19,21). The number of sulfonamides is 1. The van der Waals surface area contributed by atoms with Crippen molar-refractivity contribution in [3.05, 3.63) is 47.8 Å². The molecular formula is C18H23N7O4S. The van der Waals surface area contributed by atoms with Gasteiger partial charge in [0.05, 0.1) is 11.9 Å². The number of carbonyl (C=O) groups is 2. The van der Waals surface area contributed by atoms with Crippen molar-refractivity contribution < 1.29 is 18.0 Å². The molecule has 30 heavy (non-hydrogen) atoms. The maximum atomic E-state index is 12.7. The number of hydrazine groups is 1. The Hall–Kier alpha value is -3.09. The van der Waals surface area contributed by atoms with Crippen LogP contribution in [-0.2, 0) is 10.0 Å². The molecule has 0 radical (unpaired) electrons. The van der Waals surface area contributed by atoms with Gasteiger partial charge < -0.3 is 10.6 Å². The normalized spacial score (nSPS) is 15.1. The second-order valence-electron chi connectivity index (χ2n) is 6.60. The van der Waals surface area contributed by atoms with E-state index in [1.54, 1.807) is 30.0 Å². The molecule has 0 atom stereocenters. The second kappa shape index (κ2) is 8.73. The average molecular weight is 433 g/mol.